The van der Waals surface area contributed by atoms with Crippen LogP contribution in [0.25, 0.3) is 0 Å². The van der Waals surface area contributed by atoms with Crippen molar-refractivity contribution in [2.75, 3.05) is 13.1 Å². The summed E-state index contributed by atoms with van der Waals surface area (Å²) in [4.78, 5) is 0. The molecule has 1 fully saturated rings. The lowest BCUT2D eigenvalue weighted by molar-refractivity contribution is 0.401. The first kappa shape index (κ1) is 15.0. The smallest absolute Gasteiger partial charge is 0.157 e. The summed E-state index contributed by atoms with van der Waals surface area (Å²) < 4.78 is 0. The van der Waals surface area contributed by atoms with Crippen LogP contribution in [0.15, 0.2) is 36.4 Å². The molecule has 3 rings (SSSR count). The van der Waals surface area contributed by atoms with Crippen LogP contribution < -0.4 is 5.32 Å². The summed E-state index contributed by atoms with van der Waals surface area (Å²) in [7, 11) is 0. The third kappa shape index (κ3) is 2.98. The van der Waals surface area contributed by atoms with Gasteiger partial charge in [-0.05, 0) is 60.3 Å². The van der Waals surface area contributed by atoms with E-state index in [9.17, 15) is 15.3 Å². The monoisotopic (exact) mass is 319 g/mol. The lowest BCUT2D eigenvalue weighted by atomic mass is 9.84. The fourth-order valence-electron chi connectivity index (χ4n) is 3.11. The van der Waals surface area contributed by atoms with E-state index in [4.69, 9.17) is 11.6 Å². The van der Waals surface area contributed by atoms with Gasteiger partial charge in [0.05, 0.1) is 0 Å². The Labute approximate surface area is 134 Å². The fraction of sp³-hybridized carbons (Fsp3) is 0.294. The van der Waals surface area contributed by atoms with Crippen LogP contribution in [0.4, 0.5) is 0 Å². The van der Waals surface area contributed by atoms with Crippen LogP contribution in [-0.4, -0.2) is 28.4 Å². The first-order valence-corrected chi connectivity index (χ1v) is 7.62. The van der Waals surface area contributed by atoms with Gasteiger partial charge in [-0.3, -0.25) is 0 Å². The van der Waals surface area contributed by atoms with Crippen molar-refractivity contribution in [3.63, 3.8) is 0 Å². The lowest BCUT2D eigenvalue weighted by Crippen LogP contribution is -2.14. The minimum Gasteiger partial charge on any atom is -0.508 e. The molecule has 0 radical (unpaired) electrons. The maximum absolute atomic E-state index is 9.98. The van der Waals surface area contributed by atoms with E-state index in [0.717, 1.165) is 24.2 Å². The highest BCUT2D eigenvalue weighted by Crippen LogP contribution is 2.36. The summed E-state index contributed by atoms with van der Waals surface area (Å²) in [5, 5.41) is 33.1. The van der Waals surface area contributed by atoms with Gasteiger partial charge in [0.2, 0.25) is 0 Å². The summed E-state index contributed by atoms with van der Waals surface area (Å²) in [6, 6.07) is 10.0. The zero-order valence-electron chi connectivity index (χ0n) is 12.0. The van der Waals surface area contributed by atoms with Crippen molar-refractivity contribution in [2.45, 2.75) is 12.3 Å². The molecule has 2 atom stereocenters. The topological polar surface area (TPSA) is 72.7 Å². The van der Waals surface area contributed by atoms with Gasteiger partial charge < -0.3 is 20.6 Å². The molecule has 5 heteroatoms. The SMILES string of the molecule is Oc1ccc(C2CNCC2Cc2cc(Cl)ccc2O)cc1O. The molecule has 0 aliphatic carbocycles. The second kappa shape index (κ2) is 6.07. The number of aromatic hydroxyl groups is 3. The molecule has 116 valence electrons. The van der Waals surface area contributed by atoms with Crippen LogP contribution in [0, 0.1) is 5.92 Å². The molecule has 2 aromatic carbocycles. The number of benzene rings is 2. The normalized spacial score (nSPS) is 21.1. The minimum atomic E-state index is -0.112. The Morgan fingerprint density at radius 1 is 0.955 bits per heavy atom. The molecule has 1 saturated heterocycles. The zero-order chi connectivity index (χ0) is 15.7. The molecular weight excluding hydrogens is 302 g/mol. The predicted molar refractivity (Wildman–Crippen MR) is 85.7 cm³/mol. The van der Waals surface area contributed by atoms with Gasteiger partial charge in [-0.25, -0.2) is 0 Å². The second-order valence-corrected chi connectivity index (χ2v) is 6.19. The van der Waals surface area contributed by atoms with Crippen LogP contribution in [-0.2, 0) is 6.42 Å². The Balaban J connectivity index is 1.83. The first-order chi connectivity index (χ1) is 10.5. The van der Waals surface area contributed by atoms with Crippen LogP contribution in [0.3, 0.4) is 0 Å². The first-order valence-electron chi connectivity index (χ1n) is 7.24. The number of phenolic OH excluding ortho intramolecular Hbond substituents is 3. The quantitative estimate of drug-likeness (QED) is 0.656. The number of hydrogen-bond acceptors (Lipinski definition) is 4. The van der Waals surface area contributed by atoms with Gasteiger partial charge in [0.1, 0.15) is 5.75 Å². The van der Waals surface area contributed by atoms with Gasteiger partial charge >= 0.3 is 0 Å². The van der Waals surface area contributed by atoms with Gasteiger partial charge in [0.25, 0.3) is 0 Å². The van der Waals surface area contributed by atoms with E-state index in [1.165, 1.54) is 6.07 Å². The molecule has 0 aromatic heterocycles. The Kier molecular flexibility index (Phi) is 4.14. The predicted octanol–water partition coefficient (Wildman–Crippen LogP) is 3.00. The van der Waals surface area contributed by atoms with E-state index < -0.39 is 0 Å². The van der Waals surface area contributed by atoms with E-state index in [1.54, 1.807) is 24.3 Å². The second-order valence-electron chi connectivity index (χ2n) is 5.75. The summed E-state index contributed by atoms with van der Waals surface area (Å²) in [6.45, 7) is 1.63. The van der Waals surface area contributed by atoms with E-state index >= 15 is 0 Å². The average molecular weight is 320 g/mol. The molecule has 0 amide bonds. The maximum Gasteiger partial charge on any atom is 0.157 e. The minimum absolute atomic E-state index is 0.103. The molecule has 2 aromatic rings. The van der Waals surface area contributed by atoms with Crippen molar-refractivity contribution < 1.29 is 15.3 Å². The largest absolute Gasteiger partial charge is 0.508 e. The molecule has 1 aliphatic heterocycles. The molecule has 0 saturated carbocycles. The average Bonchev–Trinajstić information content (AvgIpc) is 2.94. The number of nitrogens with one attached hydrogen (secondary N) is 1. The van der Waals surface area contributed by atoms with E-state index in [-0.39, 0.29) is 29.1 Å². The molecular formula is C17H18ClNO3. The summed E-state index contributed by atoms with van der Waals surface area (Å²) in [5.41, 5.74) is 1.81. The van der Waals surface area contributed by atoms with Gasteiger partial charge in [-0.2, -0.15) is 0 Å². The Morgan fingerprint density at radius 2 is 1.73 bits per heavy atom. The number of phenols is 3. The molecule has 22 heavy (non-hydrogen) atoms. The summed E-state index contributed by atoms with van der Waals surface area (Å²) >= 11 is 6.01. The van der Waals surface area contributed by atoms with Crippen molar-refractivity contribution in [1.82, 2.24) is 5.32 Å². The van der Waals surface area contributed by atoms with Gasteiger partial charge in [-0.1, -0.05) is 17.7 Å². The molecule has 2 unspecified atom stereocenters. The number of hydrogen-bond donors (Lipinski definition) is 4. The Hall–Kier alpha value is -1.91. The van der Waals surface area contributed by atoms with E-state index in [2.05, 4.69) is 5.32 Å². The van der Waals surface area contributed by atoms with Crippen molar-refractivity contribution in [3.8, 4) is 17.2 Å². The molecule has 0 bridgehead atoms. The van der Waals surface area contributed by atoms with Crippen molar-refractivity contribution in [3.05, 3.63) is 52.5 Å². The van der Waals surface area contributed by atoms with E-state index in [1.807, 2.05) is 6.07 Å². The highest BCUT2D eigenvalue weighted by molar-refractivity contribution is 6.30. The lowest BCUT2D eigenvalue weighted by Gasteiger charge is -2.20. The van der Waals surface area contributed by atoms with Gasteiger partial charge in [0.15, 0.2) is 11.5 Å². The standard InChI is InChI=1S/C17H18ClNO3/c18-13-2-4-15(20)11(6-13)5-12-8-19-9-14(12)10-1-3-16(21)17(22)7-10/h1-4,6-7,12,14,19-22H,5,8-9H2. The third-order valence-electron chi connectivity index (χ3n) is 4.29. The third-order valence-corrected chi connectivity index (χ3v) is 4.53. The van der Waals surface area contributed by atoms with Crippen molar-refractivity contribution in [2.24, 2.45) is 5.92 Å². The highest BCUT2D eigenvalue weighted by atomic mass is 35.5. The van der Waals surface area contributed by atoms with Crippen LogP contribution in [0.2, 0.25) is 5.02 Å². The van der Waals surface area contributed by atoms with Gasteiger partial charge in [-0.15, -0.1) is 0 Å². The molecule has 1 aliphatic rings. The van der Waals surface area contributed by atoms with Crippen molar-refractivity contribution in [1.29, 1.82) is 0 Å². The van der Waals surface area contributed by atoms with Crippen LogP contribution in [0.5, 0.6) is 17.2 Å². The number of rotatable bonds is 3. The van der Waals surface area contributed by atoms with Crippen LogP contribution >= 0.6 is 11.6 Å². The maximum atomic E-state index is 9.98. The molecule has 1 heterocycles. The zero-order valence-corrected chi connectivity index (χ0v) is 12.7. The summed E-state index contributed by atoms with van der Waals surface area (Å²) in [6.07, 6.45) is 0.700. The Morgan fingerprint density at radius 3 is 2.50 bits per heavy atom. The Bertz CT molecular complexity index is 690. The summed E-state index contributed by atoms with van der Waals surface area (Å²) in [5.74, 6) is 0.536. The number of halogens is 1. The van der Waals surface area contributed by atoms with E-state index in [0.29, 0.717) is 11.4 Å². The fourth-order valence-corrected chi connectivity index (χ4v) is 3.30. The van der Waals surface area contributed by atoms with Crippen LogP contribution in [0.1, 0.15) is 17.0 Å². The molecule has 4 N–H and O–H groups in total. The van der Waals surface area contributed by atoms with Crippen molar-refractivity contribution >= 4 is 11.6 Å². The van der Waals surface area contributed by atoms with Gasteiger partial charge in [0, 0.05) is 17.5 Å². The molecule has 4 nitrogen and oxygen atoms in total. The highest BCUT2D eigenvalue weighted by Gasteiger charge is 2.29. The molecule has 0 spiro atoms.